The summed E-state index contributed by atoms with van der Waals surface area (Å²) in [4.78, 5) is 22.7. The van der Waals surface area contributed by atoms with Gasteiger partial charge in [-0.05, 0) is 26.0 Å². The topological polar surface area (TPSA) is 77.1 Å². The molecule has 2 aromatic heterocycles. The highest BCUT2D eigenvalue weighted by molar-refractivity contribution is 7.98. The molecule has 0 aliphatic carbocycles. The number of aromatic nitrogens is 3. The van der Waals surface area contributed by atoms with E-state index >= 15 is 0 Å². The van der Waals surface area contributed by atoms with Crippen LogP contribution >= 0.6 is 11.8 Å². The highest BCUT2D eigenvalue weighted by atomic mass is 32.2. The molecule has 0 saturated heterocycles. The Morgan fingerprint density at radius 1 is 1.33 bits per heavy atom. The largest absolute Gasteiger partial charge is 0.496 e. The predicted molar refractivity (Wildman–Crippen MR) is 92.6 cm³/mol. The number of benzene rings is 1. The second-order valence-corrected chi connectivity index (χ2v) is 6.23. The van der Waals surface area contributed by atoms with Crippen molar-refractivity contribution in [2.75, 3.05) is 7.11 Å². The lowest BCUT2D eigenvalue weighted by Gasteiger charge is -2.11. The first-order chi connectivity index (χ1) is 11.6. The molecule has 124 valence electrons. The van der Waals surface area contributed by atoms with Crippen molar-refractivity contribution in [3.05, 3.63) is 41.2 Å². The molecule has 0 unspecified atom stereocenters. The lowest BCUT2D eigenvalue weighted by molar-refractivity contribution is -0.120. The number of carbonyl (C=O) groups excluding carboxylic acids is 1. The van der Waals surface area contributed by atoms with Crippen LogP contribution in [0.15, 0.2) is 29.6 Å². The molecule has 0 spiro atoms. The maximum Gasteiger partial charge on any atom is 0.298 e. The van der Waals surface area contributed by atoms with Gasteiger partial charge in [0.2, 0.25) is 0 Å². The van der Waals surface area contributed by atoms with Crippen molar-refractivity contribution in [1.29, 1.82) is 0 Å². The normalized spacial score (nSPS) is 10.8. The number of pyridine rings is 1. The summed E-state index contributed by atoms with van der Waals surface area (Å²) in [6, 6.07) is 5.28. The van der Waals surface area contributed by atoms with Gasteiger partial charge in [0.15, 0.2) is 5.16 Å². The number of hydrogen-bond acceptors (Lipinski definition) is 6. The SMILES string of the molecule is COc1c(C)cnc(CSc2nc3cc(OC=O)ccc3[nH]2)c1C. The number of imidazole rings is 1. The van der Waals surface area contributed by atoms with Gasteiger partial charge in [-0.2, -0.15) is 0 Å². The quantitative estimate of drug-likeness (QED) is 0.546. The lowest BCUT2D eigenvalue weighted by atomic mass is 10.1. The van der Waals surface area contributed by atoms with Crippen LogP contribution in [-0.2, 0) is 10.5 Å². The minimum atomic E-state index is 0.405. The first kappa shape index (κ1) is 16.3. The second-order valence-electron chi connectivity index (χ2n) is 5.27. The summed E-state index contributed by atoms with van der Waals surface area (Å²) in [5, 5.41) is 0.786. The van der Waals surface area contributed by atoms with Gasteiger partial charge in [0.05, 0.1) is 23.8 Å². The molecule has 0 atom stereocenters. The summed E-state index contributed by atoms with van der Waals surface area (Å²) >= 11 is 1.56. The van der Waals surface area contributed by atoms with Crippen molar-refractivity contribution < 1.29 is 14.3 Å². The summed E-state index contributed by atoms with van der Waals surface area (Å²) in [7, 11) is 1.67. The Morgan fingerprint density at radius 2 is 2.17 bits per heavy atom. The zero-order valence-corrected chi connectivity index (χ0v) is 14.4. The van der Waals surface area contributed by atoms with Crippen molar-refractivity contribution in [3.63, 3.8) is 0 Å². The number of nitrogens with one attached hydrogen (secondary N) is 1. The predicted octanol–water partition coefficient (Wildman–Crippen LogP) is 3.41. The van der Waals surface area contributed by atoms with E-state index < -0.39 is 0 Å². The average molecular weight is 343 g/mol. The van der Waals surface area contributed by atoms with Crippen LogP contribution in [0.4, 0.5) is 0 Å². The fourth-order valence-electron chi connectivity index (χ4n) is 2.51. The first-order valence-electron chi connectivity index (χ1n) is 7.34. The molecule has 6 nitrogen and oxygen atoms in total. The number of nitrogens with zero attached hydrogens (tertiary/aromatic N) is 2. The zero-order valence-electron chi connectivity index (χ0n) is 13.6. The van der Waals surface area contributed by atoms with E-state index in [0.717, 1.165) is 38.8 Å². The van der Waals surface area contributed by atoms with Gasteiger partial charge in [0.25, 0.3) is 6.47 Å². The molecule has 0 amide bonds. The number of H-pyrrole nitrogens is 1. The number of aryl methyl sites for hydroxylation is 1. The van der Waals surface area contributed by atoms with Gasteiger partial charge in [0.1, 0.15) is 11.5 Å². The molecule has 0 aliphatic rings. The lowest BCUT2D eigenvalue weighted by Crippen LogP contribution is -1.98. The first-order valence-corrected chi connectivity index (χ1v) is 8.33. The molecule has 0 bridgehead atoms. The molecule has 0 saturated carbocycles. The van der Waals surface area contributed by atoms with E-state index in [9.17, 15) is 4.79 Å². The molecule has 24 heavy (non-hydrogen) atoms. The van der Waals surface area contributed by atoms with Crippen LogP contribution in [0.1, 0.15) is 16.8 Å². The third kappa shape index (κ3) is 3.21. The van der Waals surface area contributed by atoms with Crippen molar-refractivity contribution in [1.82, 2.24) is 15.0 Å². The smallest absolute Gasteiger partial charge is 0.298 e. The highest BCUT2D eigenvalue weighted by Gasteiger charge is 2.11. The third-order valence-electron chi connectivity index (χ3n) is 3.71. The maximum atomic E-state index is 10.4. The second kappa shape index (κ2) is 6.92. The fraction of sp³-hybridized carbons (Fsp3) is 0.235. The Bertz CT molecular complexity index is 892. The molecule has 7 heteroatoms. The number of methoxy groups -OCH3 is 1. The molecule has 2 heterocycles. The molecular formula is C17H17N3O3S. The van der Waals surface area contributed by atoms with Crippen molar-refractivity contribution in [2.24, 2.45) is 0 Å². The monoisotopic (exact) mass is 343 g/mol. The van der Waals surface area contributed by atoms with Crippen LogP contribution in [-0.4, -0.2) is 28.5 Å². The van der Waals surface area contributed by atoms with E-state index in [1.807, 2.05) is 26.1 Å². The Hall–Kier alpha value is -2.54. The van der Waals surface area contributed by atoms with Gasteiger partial charge in [-0.3, -0.25) is 9.78 Å². The fourth-order valence-corrected chi connectivity index (χ4v) is 3.42. The molecule has 0 radical (unpaired) electrons. The van der Waals surface area contributed by atoms with Crippen LogP contribution in [0.3, 0.4) is 0 Å². The molecule has 0 fully saturated rings. The van der Waals surface area contributed by atoms with Crippen molar-refractivity contribution in [3.8, 4) is 11.5 Å². The van der Waals surface area contributed by atoms with Gasteiger partial charge in [-0.25, -0.2) is 4.98 Å². The Labute approximate surface area is 143 Å². The number of thioether (sulfide) groups is 1. The average Bonchev–Trinajstić information content (AvgIpc) is 2.97. The van der Waals surface area contributed by atoms with Crippen LogP contribution in [0.5, 0.6) is 11.5 Å². The number of carbonyl (C=O) groups is 1. The van der Waals surface area contributed by atoms with E-state index in [2.05, 4.69) is 15.0 Å². The van der Waals surface area contributed by atoms with Crippen molar-refractivity contribution >= 4 is 29.3 Å². The van der Waals surface area contributed by atoms with Crippen LogP contribution in [0, 0.1) is 13.8 Å². The van der Waals surface area contributed by atoms with Gasteiger partial charge < -0.3 is 14.5 Å². The summed E-state index contributed by atoms with van der Waals surface area (Å²) in [5.41, 5.74) is 4.68. The third-order valence-corrected chi connectivity index (χ3v) is 4.60. The van der Waals surface area contributed by atoms with Crippen LogP contribution in [0.25, 0.3) is 11.0 Å². The minimum Gasteiger partial charge on any atom is -0.496 e. The van der Waals surface area contributed by atoms with Crippen LogP contribution < -0.4 is 9.47 Å². The maximum absolute atomic E-state index is 10.4. The summed E-state index contributed by atoms with van der Waals surface area (Å²) in [6.45, 7) is 4.40. The van der Waals surface area contributed by atoms with Crippen LogP contribution in [0.2, 0.25) is 0 Å². The van der Waals surface area contributed by atoms with E-state index in [-0.39, 0.29) is 0 Å². The van der Waals surface area contributed by atoms with E-state index in [4.69, 9.17) is 9.47 Å². The van der Waals surface area contributed by atoms with Gasteiger partial charge in [-0.15, -0.1) is 0 Å². The summed E-state index contributed by atoms with van der Waals surface area (Å²) in [6.07, 6.45) is 1.82. The van der Waals surface area contributed by atoms with Gasteiger partial charge >= 0.3 is 0 Å². The zero-order chi connectivity index (χ0) is 17.1. The molecule has 1 aromatic carbocycles. The number of hydrogen-bond donors (Lipinski definition) is 1. The minimum absolute atomic E-state index is 0.405. The van der Waals surface area contributed by atoms with E-state index in [1.54, 1.807) is 31.0 Å². The number of rotatable bonds is 6. The number of ether oxygens (including phenoxy) is 2. The standard InChI is InChI=1S/C17H17N3O3S/c1-10-7-18-15(11(2)16(10)22-3)8-24-17-19-13-5-4-12(23-9-21)6-14(13)20-17/h4-7,9H,8H2,1-3H3,(H,19,20). The summed E-state index contributed by atoms with van der Waals surface area (Å²) in [5.74, 6) is 2.03. The van der Waals surface area contributed by atoms with E-state index in [1.165, 1.54) is 0 Å². The molecule has 0 aliphatic heterocycles. The summed E-state index contributed by atoms with van der Waals surface area (Å²) < 4.78 is 10.3. The van der Waals surface area contributed by atoms with Gasteiger partial charge in [0, 0.05) is 29.1 Å². The van der Waals surface area contributed by atoms with Gasteiger partial charge in [-0.1, -0.05) is 11.8 Å². The van der Waals surface area contributed by atoms with E-state index in [0.29, 0.717) is 18.0 Å². The molecule has 3 rings (SSSR count). The molecule has 3 aromatic rings. The Balaban J connectivity index is 1.79. The number of aromatic amines is 1. The Kier molecular flexibility index (Phi) is 4.71. The number of fused-ring (bicyclic) bond motifs is 1. The highest BCUT2D eigenvalue weighted by Crippen LogP contribution is 2.29. The molecule has 1 N–H and O–H groups in total. The Morgan fingerprint density at radius 3 is 2.92 bits per heavy atom. The van der Waals surface area contributed by atoms with Crippen molar-refractivity contribution in [2.45, 2.75) is 24.8 Å². The molecular weight excluding hydrogens is 326 g/mol.